The van der Waals surface area contributed by atoms with Crippen LogP contribution in [0.15, 0.2) is 18.2 Å². The van der Waals surface area contributed by atoms with Gasteiger partial charge in [-0.1, -0.05) is 26.8 Å². The van der Waals surface area contributed by atoms with Crippen molar-refractivity contribution in [2.24, 2.45) is 0 Å². The average molecular weight is 280 g/mol. The lowest BCUT2D eigenvalue weighted by atomic mass is 9.95. The van der Waals surface area contributed by atoms with Crippen LogP contribution in [0.25, 0.3) is 0 Å². The van der Waals surface area contributed by atoms with Gasteiger partial charge in [-0.25, -0.2) is 4.39 Å². The van der Waals surface area contributed by atoms with E-state index in [9.17, 15) is 9.18 Å². The summed E-state index contributed by atoms with van der Waals surface area (Å²) >= 11 is 0. The summed E-state index contributed by atoms with van der Waals surface area (Å²) in [7, 11) is 0. The van der Waals surface area contributed by atoms with E-state index in [0.717, 1.165) is 19.3 Å². The van der Waals surface area contributed by atoms with Crippen molar-refractivity contribution < 1.29 is 9.18 Å². The summed E-state index contributed by atoms with van der Waals surface area (Å²) < 4.78 is 13.9. The molecular formula is C16H25FN2O. The van der Waals surface area contributed by atoms with E-state index in [0.29, 0.717) is 17.8 Å². The van der Waals surface area contributed by atoms with Gasteiger partial charge < -0.3 is 10.6 Å². The van der Waals surface area contributed by atoms with E-state index < -0.39 is 0 Å². The third-order valence-corrected chi connectivity index (χ3v) is 3.79. The van der Waals surface area contributed by atoms with E-state index >= 15 is 0 Å². The molecule has 0 saturated heterocycles. The molecule has 4 heteroatoms. The lowest BCUT2D eigenvalue weighted by Gasteiger charge is -2.28. The van der Waals surface area contributed by atoms with Crippen molar-refractivity contribution in [3.8, 4) is 0 Å². The van der Waals surface area contributed by atoms with Gasteiger partial charge in [0.25, 0.3) is 5.91 Å². The molecule has 0 atom stereocenters. The van der Waals surface area contributed by atoms with E-state index in [1.807, 2.05) is 27.7 Å². The van der Waals surface area contributed by atoms with Crippen LogP contribution in [0, 0.1) is 5.82 Å². The summed E-state index contributed by atoms with van der Waals surface area (Å²) in [5.41, 5.74) is 0.402. The van der Waals surface area contributed by atoms with Crippen molar-refractivity contribution in [1.82, 2.24) is 5.32 Å². The van der Waals surface area contributed by atoms with Gasteiger partial charge >= 0.3 is 0 Å². The molecule has 0 aromatic heterocycles. The van der Waals surface area contributed by atoms with Gasteiger partial charge in [0.2, 0.25) is 0 Å². The summed E-state index contributed by atoms with van der Waals surface area (Å²) in [6.45, 7) is 8.71. The standard InChI is InChI=1S/C16H25FN2O/c1-5-11-18-14-12(9-8-10-13(14)17)15(20)19-16(4,6-2)7-3/h8-10,18H,5-7,11H2,1-4H3,(H,19,20). The number of benzene rings is 1. The zero-order valence-electron chi connectivity index (χ0n) is 12.8. The third-order valence-electron chi connectivity index (χ3n) is 3.79. The highest BCUT2D eigenvalue weighted by molar-refractivity contribution is 6.00. The number of nitrogens with one attached hydrogen (secondary N) is 2. The minimum Gasteiger partial charge on any atom is -0.382 e. The number of para-hydroxylation sites is 1. The summed E-state index contributed by atoms with van der Waals surface area (Å²) in [6, 6.07) is 4.59. The van der Waals surface area contributed by atoms with Crippen LogP contribution < -0.4 is 10.6 Å². The Hall–Kier alpha value is -1.58. The molecule has 1 aromatic carbocycles. The van der Waals surface area contributed by atoms with Crippen LogP contribution in [0.5, 0.6) is 0 Å². The van der Waals surface area contributed by atoms with Crippen LogP contribution in [0.4, 0.5) is 10.1 Å². The van der Waals surface area contributed by atoms with E-state index in [2.05, 4.69) is 10.6 Å². The largest absolute Gasteiger partial charge is 0.382 e. The molecule has 112 valence electrons. The number of hydrogen-bond donors (Lipinski definition) is 2. The van der Waals surface area contributed by atoms with Crippen molar-refractivity contribution in [2.75, 3.05) is 11.9 Å². The molecule has 3 nitrogen and oxygen atoms in total. The van der Waals surface area contributed by atoms with Crippen LogP contribution in [0.2, 0.25) is 0 Å². The number of carbonyl (C=O) groups is 1. The van der Waals surface area contributed by atoms with Gasteiger partial charge in [-0.15, -0.1) is 0 Å². The Kier molecular flexibility index (Phi) is 5.99. The first-order valence-corrected chi connectivity index (χ1v) is 7.32. The average Bonchev–Trinajstić information content (AvgIpc) is 2.45. The quantitative estimate of drug-likeness (QED) is 0.794. The number of rotatable bonds is 7. The van der Waals surface area contributed by atoms with E-state index in [-0.39, 0.29) is 17.3 Å². The number of halogens is 1. The second kappa shape index (κ2) is 7.27. The molecule has 1 amide bonds. The molecule has 0 heterocycles. The molecule has 1 aromatic rings. The molecular weight excluding hydrogens is 255 g/mol. The lowest BCUT2D eigenvalue weighted by molar-refractivity contribution is 0.0901. The predicted octanol–water partition coefficient (Wildman–Crippen LogP) is 3.96. The zero-order chi connectivity index (χ0) is 15.2. The third kappa shape index (κ3) is 3.95. The van der Waals surface area contributed by atoms with Gasteiger partial charge in [-0.2, -0.15) is 0 Å². The Morgan fingerprint density at radius 1 is 1.25 bits per heavy atom. The molecule has 0 fully saturated rings. The smallest absolute Gasteiger partial charge is 0.253 e. The molecule has 0 saturated carbocycles. The Labute approximate surface area is 121 Å². The molecule has 0 aliphatic heterocycles. The maximum atomic E-state index is 13.9. The summed E-state index contributed by atoms with van der Waals surface area (Å²) in [4.78, 5) is 12.4. The molecule has 0 bridgehead atoms. The minimum atomic E-state index is -0.388. The van der Waals surface area contributed by atoms with Crippen LogP contribution in [0.1, 0.15) is 57.3 Å². The summed E-state index contributed by atoms with van der Waals surface area (Å²) in [5, 5.41) is 6.01. The molecule has 1 rings (SSSR count). The van der Waals surface area contributed by atoms with Crippen LogP contribution >= 0.6 is 0 Å². The summed E-state index contributed by atoms with van der Waals surface area (Å²) in [5.74, 6) is -0.616. The highest BCUT2D eigenvalue weighted by atomic mass is 19.1. The predicted molar refractivity (Wildman–Crippen MR) is 81.6 cm³/mol. The van der Waals surface area contributed by atoms with Gasteiger partial charge in [0.1, 0.15) is 5.82 Å². The van der Waals surface area contributed by atoms with Gasteiger partial charge in [0.05, 0.1) is 11.3 Å². The first-order valence-electron chi connectivity index (χ1n) is 7.32. The monoisotopic (exact) mass is 280 g/mol. The number of amides is 1. The Morgan fingerprint density at radius 2 is 1.90 bits per heavy atom. The normalized spacial score (nSPS) is 11.2. The topological polar surface area (TPSA) is 41.1 Å². The fourth-order valence-corrected chi connectivity index (χ4v) is 1.91. The molecule has 20 heavy (non-hydrogen) atoms. The molecule has 0 unspecified atom stereocenters. The Bertz CT molecular complexity index is 456. The highest BCUT2D eigenvalue weighted by Gasteiger charge is 2.24. The van der Waals surface area contributed by atoms with Crippen molar-refractivity contribution in [2.45, 2.75) is 52.5 Å². The van der Waals surface area contributed by atoms with Gasteiger partial charge in [0, 0.05) is 12.1 Å². The minimum absolute atomic E-state index is 0.227. The van der Waals surface area contributed by atoms with Gasteiger partial charge in [-0.3, -0.25) is 4.79 Å². The number of hydrogen-bond acceptors (Lipinski definition) is 2. The molecule has 0 spiro atoms. The second-order valence-electron chi connectivity index (χ2n) is 5.31. The van der Waals surface area contributed by atoms with Crippen LogP contribution in [-0.2, 0) is 0 Å². The SMILES string of the molecule is CCCNc1c(F)cccc1C(=O)NC(C)(CC)CC. The first-order chi connectivity index (χ1) is 9.47. The van der Waals surface area contributed by atoms with E-state index in [1.165, 1.54) is 6.07 Å². The fraction of sp³-hybridized carbons (Fsp3) is 0.562. The highest BCUT2D eigenvalue weighted by Crippen LogP contribution is 2.22. The second-order valence-corrected chi connectivity index (χ2v) is 5.31. The fourth-order valence-electron chi connectivity index (χ4n) is 1.91. The Morgan fingerprint density at radius 3 is 2.45 bits per heavy atom. The van der Waals surface area contributed by atoms with Gasteiger partial charge in [0.15, 0.2) is 0 Å². The maximum absolute atomic E-state index is 13.9. The molecule has 2 N–H and O–H groups in total. The van der Waals surface area contributed by atoms with E-state index in [1.54, 1.807) is 12.1 Å². The van der Waals surface area contributed by atoms with Crippen molar-refractivity contribution in [3.05, 3.63) is 29.6 Å². The van der Waals surface area contributed by atoms with Crippen molar-refractivity contribution >= 4 is 11.6 Å². The molecule has 0 aliphatic rings. The van der Waals surface area contributed by atoms with E-state index in [4.69, 9.17) is 0 Å². The van der Waals surface area contributed by atoms with Crippen molar-refractivity contribution in [1.29, 1.82) is 0 Å². The van der Waals surface area contributed by atoms with Crippen LogP contribution in [-0.4, -0.2) is 18.0 Å². The number of anilines is 1. The molecule has 0 aliphatic carbocycles. The maximum Gasteiger partial charge on any atom is 0.253 e. The lowest BCUT2D eigenvalue weighted by Crippen LogP contribution is -2.45. The van der Waals surface area contributed by atoms with Crippen molar-refractivity contribution in [3.63, 3.8) is 0 Å². The number of carbonyl (C=O) groups excluding carboxylic acids is 1. The zero-order valence-corrected chi connectivity index (χ0v) is 12.8. The molecule has 0 radical (unpaired) electrons. The van der Waals surface area contributed by atoms with Crippen LogP contribution in [0.3, 0.4) is 0 Å². The first kappa shape index (κ1) is 16.5. The Balaban J connectivity index is 3.00. The van der Waals surface area contributed by atoms with Gasteiger partial charge in [-0.05, 0) is 38.3 Å². The summed E-state index contributed by atoms with van der Waals surface area (Å²) in [6.07, 6.45) is 2.54.